The Morgan fingerprint density at radius 2 is 2.00 bits per heavy atom. The smallest absolute Gasteiger partial charge is 0.255 e. The molecule has 1 rings (SSSR count). The van der Waals surface area contributed by atoms with Crippen molar-refractivity contribution in [3.63, 3.8) is 0 Å². The molecule has 0 spiro atoms. The number of aromatic hydroxyl groups is 1. The maximum Gasteiger partial charge on any atom is 0.255 e. The molecule has 106 valence electrons. The third-order valence-electron chi connectivity index (χ3n) is 3.66. The lowest BCUT2D eigenvalue weighted by atomic mass is 9.83. The summed E-state index contributed by atoms with van der Waals surface area (Å²) in [6, 6.07) is 3.22. The number of carbonyl (C=O) groups excluding carboxylic acids is 1. The van der Waals surface area contributed by atoms with E-state index in [1.54, 1.807) is 0 Å². The van der Waals surface area contributed by atoms with Crippen LogP contribution in [0.5, 0.6) is 5.75 Å². The maximum absolute atomic E-state index is 13.0. The molecule has 19 heavy (non-hydrogen) atoms. The molecule has 0 saturated carbocycles. The highest BCUT2D eigenvalue weighted by molar-refractivity contribution is 5.96. The minimum Gasteiger partial charge on any atom is -0.507 e. The number of benzene rings is 1. The molecule has 1 aromatic rings. The summed E-state index contributed by atoms with van der Waals surface area (Å²) in [5.74, 6) is -1.39. The van der Waals surface area contributed by atoms with Crippen LogP contribution < -0.4 is 5.32 Å². The van der Waals surface area contributed by atoms with Crippen molar-refractivity contribution in [3.8, 4) is 5.75 Å². The van der Waals surface area contributed by atoms with E-state index in [9.17, 15) is 19.4 Å². The normalized spacial score (nSPS) is 11.4. The van der Waals surface area contributed by atoms with E-state index in [0.717, 1.165) is 31.0 Å². The molecule has 1 amide bonds. The van der Waals surface area contributed by atoms with E-state index >= 15 is 0 Å². The molecule has 0 fully saturated rings. The van der Waals surface area contributed by atoms with Crippen molar-refractivity contribution in [1.82, 2.24) is 5.32 Å². The van der Waals surface area contributed by atoms with Crippen LogP contribution in [0.4, 0.5) is 4.39 Å². The molecule has 0 aliphatic heterocycles. The Labute approximate surface area is 112 Å². The van der Waals surface area contributed by atoms with Crippen LogP contribution in [0.15, 0.2) is 18.2 Å². The second-order valence-electron chi connectivity index (χ2n) is 4.71. The highest BCUT2D eigenvalue weighted by Gasteiger charge is 2.26. The molecule has 0 aliphatic carbocycles. The van der Waals surface area contributed by atoms with Gasteiger partial charge in [-0.15, -0.1) is 0 Å². The lowest BCUT2D eigenvalue weighted by Crippen LogP contribution is -2.39. The van der Waals surface area contributed by atoms with Crippen LogP contribution >= 0.6 is 0 Å². The average Bonchev–Trinajstić information content (AvgIpc) is 2.43. The predicted octanol–water partition coefficient (Wildman–Crippen LogP) is 2.06. The fourth-order valence-electron chi connectivity index (χ4n) is 1.83. The highest BCUT2D eigenvalue weighted by Crippen LogP contribution is 2.25. The van der Waals surface area contributed by atoms with Gasteiger partial charge >= 0.3 is 0 Å². The number of rotatable bonds is 6. The van der Waals surface area contributed by atoms with Gasteiger partial charge < -0.3 is 15.5 Å². The molecule has 0 saturated heterocycles. The summed E-state index contributed by atoms with van der Waals surface area (Å²) < 4.78 is 13.0. The molecule has 5 heteroatoms. The summed E-state index contributed by atoms with van der Waals surface area (Å²) in [5.41, 5.74) is -0.474. The molecule has 0 aromatic heterocycles. The molecule has 0 radical (unpaired) electrons. The minimum atomic E-state index is -0.581. The van der Waals surface area contributed by atoms with Gasteiger partial charge in [-0.25, -0.2) is 4.39 Å². The van der Waals surface area contributed by atoms with E-state index in [1.165, 1.54) is 0 Å². The largest absolute Gasteiger partial charge is 0.507 e. The van der Waals surface area contributed by atoms with E-state index < -0.39 is 11.7 Å². The van der Waals surface area contributed by atoms with Crippen LogP contribution in [0, 0.1) is 11.2 Å². The lowest BCUT2D eigenvalue weighted by molar-refractivity contribution is 0.0848. The van der Waals surface area contributed by atoms with Gasteiger partial charge in [-0.3, -0.25) is 4.79 Å². The highest BCUT2D eigenvalue weighted by atomic mass is 19.1. The number of nitrogens with one attached hydrogen (secondary N) is 1. The zero-order valence-electron chi connectivity index (χ0n) is 11.2. The molecule has 3 N–H and O–H groups in total. The van der Waals surface area contributed by atoms with Crippen molar-refractivity contribution in [1.29, 1.82) is 0 Å². The number of hydrogen-bond donors (Lipinski definition) is 3. The molecule has 0 aliphatic rings. The van der Waals surface area contributed by atoms with Crippen molar-refractivity contribution in [2.75, 3.05) is 13.2 Å². The van der Waals surface area contributed by atoms with Crippen molar-refractivity contribution < 1.29 is 19.4 Å². The Hall–Kier alpha value is -1.62. The van der Waals surface area contributed by atoms with Crippen molar-refractivity contribution in [2.45, 2.75) is 26.7 Å². The number of amides is 1. The zero-order valence-corrected chi connectivity index (χ0v) is 11.2. The Bertz CT molecular complexity index is 436. The van der Waals surface area contributed by atoms with Gasteiger partial charge in [0.1, 0.15) is 11.6 Å². The lowest BCUT2D eigenvalue weighted by Gasteiger charge is -2.29. The van der Waals surface area contributed by atoms with Crippen molar-refractivity contribution in [3.05, 3.63) is 29.6 Å². The van der Waals surface area contributed by atoms with Gasteiger partial charge in [-0.1, -0.05) is 13.8 Å². The van der Waals surface area contributed by atoms with Crippen LogP contribution in [-0.4, -0.2) is 29.3 Å². The third kappa shape index (κ3) is 3.67. The fourth-order valence-corrected chi connectivity index (χ4v) is 1.83. The molecular formula is C14H20FNO3. The Balaban J connectivity index is 2.77. The van der Waals surface area contributed by atoms with Gasteiger partial charge in [0.25, 0.3) is 5.91 Å². The Kier molecular flexibility index (Phi) is 5.30. The number of aliphatic hydroxyl groups excluding tert-OH is 1. The van der Waals surface area contributed by atoms with Gasteiger partial charge in [0, 0.05) is 12.0 Å². The summed E-state index contributed by atoms with van der Waals surface area (Å²) in [7, 11) is 0. The first-order valence-electron chi connectivity index (χ1n) is 6.35. The molecule has 0 atom stereocenters. The summed E-state index contributed by atoms with van der Waals surface area (Å²) in [4.78, 5) is 11.9. The summed E-state index contributed by atoms with van der Waals surface area (Å²) in [6.45, 7) is 4.12. The van der Waals surface area contributed by atoms with Crippen molar-refractivity contribution in [2.24, 2.45) is 5.41 Å². The molecule has 0 unspecified atom stereocenters. The number of hydrogen-bond acceptors (Lipinski definition) is 3. The van der Waals surface area contributed by atoms with E-state index in [1.807, 2.05) is 13.8 Å². The summed E-state index contributed by atoms with van der Waals surface area (Å²) >= 11 is 0. The first-order valence-corrected chi connectivity index (χ1v) is 6.35. The van der Waals surface area contributed by atoms with Crippen LogP contribution in [0.3, 0.4) is 0 Å². The number of aliphatic hydroxyl groups is 1. The van der Waals surface area contributed by atoms with Gasteiger partial charge in [0.2, 0.25) is 0 Å². The van der Waals surface area contributed by atoms with E-state index in [4.69, 9.17) is 0 Å². The first kappa shape index (κ1) is 15.4. The van der Waals surface area contributed by atoms with Gasteiger partial charge in [0.15, 0.2) is 0 Å². The predicted molar refractivity (Wildman–Crippen MR) is 70.5 cm³/mol. The van der Waals surface area contributed by atoms with E-state index in [-0.39, 0.29) is 29.9 Å². The summed E-state index contributed by atoms with van der Waals surface area (Å²) in [6.07, 6.45) is 1.44. The van der Waals surface area contributed by atoms with Crippen LogP contribution in [0.1, 0.15) is 37.0 Å². The minimum absolute atomic E-state index is 0.0323. The topological polar surface area (TPSA) is 69.6 Å². The van der Waals surface area contributed by atoms with E-state index in [2.05, 4.69) is 5.32 Å². The second kappa shape index (κ2) is 6.52. The van der Waals surface area contributed by atoms with E-state index in [0.29, 0.717) is 0 Å². The Morgan fingerprint density at radius 3 is 2.53 bits per heavy atom. The Morgan fingerprint density at radius 1 is 1.37 bits per heavy atom. The van der Waals surface area contributed by atoms with Gasteiger partial charge in [0.05, 0.1) is 12.2 Å². The molecular weight excluding hydrogens is 249 g/mol. The number of phenols is 1. The number of halogens is 1. The van der Waals surface area contributed by atoms with Gasteiger partial charge in [-0.2, -0.15) is 0 Å². The number of carbonyl (C=O) groups is 1. The number of phenolic OH excluding ortho intramolecular Hbond substituents is 1. The van der Waals surface area contributed by atoms with Crippen LogP contribution in [0.2, 0.25) is 0 Å². The molecule has 1 aromatic carbocycles. The first-order chi connectivity index (χ1) is 8.98. The van der Waals surface area contributed by atoms with Crippen LogP contribution in [-0.2, 0) is 0 Å². The monoisotopic (exact) mass is 269 g/mol. The molecule has 0 heterocycles. The SMILES string of the molecule is CCC(CC)(CO)CNC(=O)c1cc(F)ccc1O. The fraction of sp³-hybridized carbons (Fsp3) is 0.500. The summed E-state index contributed by atoms with van der Waals surface area (Å²) in [5, 5.41) is 21.6. The standard InChI is InChI=1S/C14H20FNO3/c1-3-14(4-2,9-17)8-16-13(19)11-7-10(15)5-6-12(11)18/h5-7,17-18H,3-4,8-9H2,1-2H3,(H,16,19). The zero-order chi connectivity index (χ0) is 14.5. The third-order valence-corrected chi connectivity index (χ3v) is 3.66. The van der Waals surface area contributed by atoms with Crippen LogP contribution in [0.25, 0.3) is 0 Å². The average molecular weight is 269 g/mol. The molecule has 4 nitrogen and oxygen atoms in total. The second-order valence-corrected chi connectivity index (χ2v) is 4.71. The quantitative estimate of drug-likeness (QED) is 0.740. The molecule has 0 bridgehead atoms. The van der Waals surface area contributed by atoms with Gasteiger partial charge in [-0.05, 0) is 31.0 Å². The maximum atomic E-state index is 13.0. The van der Waals surface area contributed by atoms with Crippen molar-refractivity contribution >= 4 is 5.91 Å².